The third-order valence-electron chi connectivity index (χ3n) is 6.57. The van der Waals surface area contributed by atoms with Gasteiger partial charge < -0.3 is 19.9 Å². The Hall–Kier alpha value is -2.84. The number of ether oxygens (including phenoxy) is 2. The summed E-state index contributed by atoms with van der Waals surface area (Å²) in [6.45, 7) is 3.24. The van der Waals surface area contributed by atoms with Crippen LogP contribution in [0.4, 0.5) is 4.39 Å². The zero-order valence-corrected chi connectivity index (χ0v) is 20.1. The van der Waals surface area contributed by atoms with Crippen molar-refractivity contribution < 1.29 is 28.6 Å². The molecule has 35 heavy (non-hydrogen) atoms. The van der Waals surface area contributed by atoms with Crippen LogP contribution in [0.5, 0.6) is 5.75 Å². The van der Waals surface area contributed by atoms with Gasteiger partial charge in [0.15, 0.2) is 5.78 Å². The first kappa shape index (κ1) is 25.3. The third kappa shape index (κ3) is 6.24. The molecule has 2 atom stereocenters. The number of Topliss-reactive ketones (excluding diaryl/α,β-unsaturated/α-hetero) is 1. The van der Waals surface area contributed by atoms with Gasteiger partial charge >= 0.3 is 0 Å². The summed E-state index contributed by atoms with van der Waals surface area (Å²) in [5.74, 6) is -0.445. The van der Waals surface area contributed by atoms with Gasteiger partial charge in [-0.15, -0.1) is 0 Å². The Balaban J connectivity index is 1.49. The predicted molar refractivity (Wildman–Crippen MR) is 128 cm³/mol. The average Bonchev–Trinajstić information content (AvgIpc) is 3.32. The maximum atomic E-state index is 14.8. The Labute approximate surface area is 205 Å². The number of unbranched alkanes of at least 4 members (excludes halogenated alkanes) is 3. The minimum Gasteiger partial charge on any atom is -0.491 e. The molecule has 2 aliphatic heterocycles. The molecule has 1 amide bonds. The van der Waals surface area contributed by atoms with Crippen LogP contribution in [0, 0.1) is 5.82 Å². The van der Waals surface area contributed by atoms with E-state index < -0.39 is 18.0 Å². The van der Waals surface area contributed by atoms with Crippen molar-refractivity contribution in [2.75, 3.05) is 19.8 Å². The molecule has 0 saturated carbocycles. The predicted octanol–water partition coefficient (Wildman–Crippen LogP) is 3.78. The SMILES string of the molecule is CCCCCCC(=O)c1ccc(Cc2cc(C(=O)N[C@H]3CCOC[C@@H]3O)nc3c2OCC3)cc1F. The van der Waals surface area contributed by atoms with Crippen molar-refractivity contribution in [2.45, 2.75) is 70.4 Å². The molecule has 4 rings (SSSR count). The summed E-state index contributed by atoms with van der Waals surface area (Å²) in [6.07, 6.45) is 4.93. The van der Waals surface area contributed by atoms with Crippen molar-refractivity contribution in [3.63, 3.8) is 0 Å². The van der Waals surface area contributed by atoms with Crippen molar-refractivity contribution >= 4 is 11.7 Å². The molecule has 1 aromatic heterocycles. The number of aromatic nitrogens is 1. The van der Waals surface area contributed by atoms with E-state index in [-0.39, 0.29) is 29.6 Å². The van der Waals surface area contributed by atoms with Gasteiger partial charge in [0.25, 0.3) is 5.91 Å². The normalized spacial score (nSPS) is 19.2. The molecule has 0 unspecified atom stereocenters. The van der Waals surface area contributed by atoms with E-state index in [1.165, 1.54) is 6.07 Å². The van der Waals surface area contributed by atoms with Crippen LogP contribution < -0.4 is 10.1 Å². The second kappa shape index (κ2) is 11.7. The smallest absolute Gasteiger partial charge is 0.270 e. The van der Waals surface area contributed by atoms with Crippen LogP contribution in [0.1, 0.15) is 83.1 Å². The quantitative estimate of drug-likeness (QED) is 0.394. The number of rotatable bonds is 10. The molecule has 2 aliphatic rings. The number of aliphatic hydroxyl groups excluding tert-OH is 1. The van der Waals surface area contributed by atoms with Crippen LogP contribution in [-0.2, 0) is 17.6 Å². The lowest BCUT2D eigenvalue weighted by Crippen LogP contribution is -2.48. The van der Waals surface area contributed by atoms with Gasteiger partial charge in [-0.3, -0.25) is 9.59 Å². The summed E-state index contributed by atoms with van der Waals surface area (Å²) in [7, 11) is 0. The summed E-state index contributed by atoms with van der Waals surface area (Å²) in [4.78, 5) is 29.8. The fourth-order valence-electron chi connectivity index (χ4n) is 4.58. The first-order valence-corrected chi connectivity index (χ1v) is 12.5. The summed E-state index contributed by atoms with van der Waals surface area (Å²) in [6, 6.07) is 5.96. The van der Waals surface area contributed by atoms with Crippen molar-refractivity contribution in [3.05, 3.63) is 58.2 Å². The summed E-state index contributed by atoms with van der Waals surface area (Å²) in [5, 5.41) is 12.9. The first-order valence-electron chi connectivity index (χ1n) is 12.5. The number of hydrogen-bond donors (Lipinski definition) is 2. The van der Waals surface area contributed by atoms with E-state index in [0.717, 1.165) is 31.2 Å². The lowest BCUT2D eigenvalue weighted by atomic mass is 9.98. The Kier molecular flexibility index (Phi) is 8.46. The van der Waals surface area contributed by atoms with Crippen LogP contribution in [0.25, 0.3) is 0 Å². The highest BCUT2D eigenvalue weighted by Crippen LogP contribution is 2.31. The summed E-state index contributed by atoms with van der Waals surface area (Å²) < 4.78 is 25.8. The molecule has 1 fully saturated rings. The number of aliphatic hydroxyl groups is 1. The Morgan fingerprint density at radius 2 is 2.06 bits per heavy atom. The molecule has 2 aromatic rings. The van der Waals surface area contributed by atoms with E-state index in [9.17, 15) is 19.1 Å². The van der Waals surface area contributed by atoms with Crippen molar-refractivity contribution in [2.24, 2.45) is 0 Å². The fourth-order valence-corrected chi connectivity index (χ4v) is 4.58. The maximum Gasteiger partial charge on any atom is 0.270 e. The highest BCUT2D eigenvalue weighted by atomic mass is 19.1. The van der Waals surface area contributed by atoms with Gasteiger partial charge in [-0.05, 0) is 36.6 Å². The second-order valence-corrected chi connectivity index (χ2v) is 9.28. The molecule has 1 aromatic carbocycles. The number of ketones is 1. The number of fused-ring (bicyclic) bond motifs is 1. The Morgan fingerprint density at radius 1 is 1.20 bits per heavy atom. The third-order valence-corrected chi connectivity index (χ3v) is 6.57. The summed E-state index contributed by atoms with van der Waals surface area (Å²) >= 11 is 0. The van der Waals surface area contributed by atoms with Gasteiger partial charge in [0.1, 0.15) is 17.3 Å². The van der Waals surface area contributed by atoms with Gasteiger partial charge in [-0.1, -0.05) is 32.3 Å². The molecule has 2 N–H and O–H groups in total. The van der Waals surface area contributed by atoms with E-state index in [0.29, 0.717) is 55.9 Å². The number of benzene rings is 1. The minimum absolute atomic E-state index is 0.122. The number of hydrogen-bond acceptors (Lipinski definition) is 6. The number of nitrogens with zero attached hydrogens (tertiary/aromatic N) is 1. The van der Waals surface area contributed by atoms with Gasteiger partial charge in [-0.25, -0.2) is 9.37 Å². The number of pyridine rings is 1. The monoisotopic (exact) mass is 484 g/mol. The second-order valence-electron chi connectivity index (χ2n) is 9.28. The van der Waals surface area contributed by atoms with Crippen LogP contribution in [0.3, 0.4) is 0 Å². The first-order chi connectivity index (χ1) is 17.0. The number of halogens is 1. The van der Waals surface area contributed by atoms with E-state index in [1.807, 2.05) is 0 Å². The van der Waals surface area contributed by atoms with E-state index in [1.54, 1.807) is 18.2 Å². The van der Waals surface area contributed by atoms with E-state index in [2.05, 4.69) is 17.2 Å². The van der Waals surface area contributed by atoms with Gasteiger partial charge in [0, 0.05) is 31.4 Å². The van der Waals surface area contributed by atoms with Gasteiger partial charge in [-0.2, -0.15) is 0 Å². The number of carbonyl (C=O) groups excluding carboxylic acids is 2. The molecular weight excluding hydrogens is 451 g/mol. The van der Waals surface area contributed by atoms with Crippen LogP contribution in [0.2, 0.25) is 0 Å². The zero-order valence-electron chi connectivity index (χ0n) is 20.1. The van der Waals surface area contributed by atoms with Crippen molar-refractivity contribution in [3.8, 4) is 5.75 Å². The Bertz CT molecular complexity index is 1070. The van der Waals surface area contributed by atoms with Gasteiger partial charge in [0.2, 0.25) is 0 Å². The molecule has 7 nitrogen and oxygen atoms in total. The molecule has 0 radical (unpaired) electrons. The lowest BCUT2D eigenvalue weighted by Gasteiger charge is -2.28. The van der Waals surface area contributed by atoms with Crippen molar-refractivity contribution in [1.82, 2.24) is 10.3 Å². The minimum atomic E-state index is -0.763. The van der Waals surface area contributed by atoms with Crippen LogP contribution in [0.15, 0.2) is 24.3 Å². The largest absolute Gasteiger partial charge is 0.491 e. The van der Waals surface area contributed by atoms with Crippen molar-refractivity contribution in [1.29, 1.82) is 0 Å². The van der Waals surface area contributed by atoms with Gasteiger partial charge in [0.05, 0.1) is 36.6 Å². The summed E-state index contributed by atoms with van der Waals surface area (Å²) in [5.41, 5.74) is 2.47. The van der Waals surface area contributed by atoms with E-state index in [4.69, 9.17) is 9.47 Å². The molecule has 0 spiro atoms. The van der Waals surface area contributed by atoms with E-state index >= 15 is 0 Å². The highest BCUT2D eigenvalue weighted by molar-refractivity contribution is 5.96. The molecular formula is C27H33FN2O5. The molecule has 1 saturated heterocycles. The number of nitrogens with one attached hydrogen (secondary N) is 1. The molecule has 0 aliphatic carbocycles. The number of amides is 1. The maximum absolute atomic E-state index is 14.8. The molecule has 8 heteroatoms. The standard InChI is InChI=1S/C27H33FN2O5/c1-2-3-4-5-6-24(31)19-8-7-17(14-20(19)28)13-18-15-23(29-22-10-12-35-26(18)22)27(33)30-21-9-11-34-16-25(21)32/h7-8,14-15,21,25,32H,2-6,9-13,16H2,1H3,(H,30,33)/t21-,25-/m0/s1. The zero-order chi connectivity index (χ0) is 24.8. The fraction of sp³-hybridized carbons (Fsp3) is 0.519. The molecule has 0 bridgehead atoms. The Morgan fingerprint density at radius 3 is 2.83 bits per heavy atom. The molecule has 188 valence electrons. The highest BCUT2D eigenvalue weighted by Gasteiger charge is 2.28. The van der Waals surface area contributed by atoms with Crippen LogP contribution >= 0.6 is 0 Å². The van der Waals surface area contributed by atoms with Crippen LogP contribution in [-0.4, -0.2) is 53.7 Å². The lowest BCUT2D eigenvalue weighted by molar-refractivity contribution is -0.0261. The topological polar surface area (TPSA) is 97.8 Å². The number of carbonyl (C=O) groups is 2. The average molecular weight is 485 g/mol. The molecule has 3 heterocycles.